The van der Waals surface area contributed by atoms with Crippen LogP contribution in [0.2, 0.25) is 0 Å². The van der Waals surface area contributed by atoms with Gasteiger partial charge in [-0.3, -0.25) is 9.59 Å². The van der Waals surface area contributed by atoms with Gasteiger partial charge in [-0.15, -0.1) is 0 Å². The number of rotatable bonds is 6. The zero-order valence-electron chi connectivity index (χ0n) is 15.1. The molecular formula is C23H23NO3. The summed E-state index contributed by atoms with van der Waals surface area (Å²) >= 11 is 0. The summed E-state index contributed by atoms with van der Waals surface area (Å²) < 4.78 is 0. The minimum atomic E-state index is -0.857. The highest BCUT2D eigenvalue weighted by molar-refractivity contribution is 5.87. The molecular weight excluding hydrogens is 338 g/mol. The number of fused-ring (bicyclic) bond motifs is 2. The van der Waals surface area contributed by atoms with Gasteiger partial charge in [0.2, 0.25) is 5.91 Å². The van der Waals surface area contributed by atoms with Crippen molar-refractivity contribution in [3.63, 3.8) is 0 Å². The number of carboxylic acids is 1. The van der Waals surface area contributed by atoms with Crippen LogP contribution in [-0.2, 0) is 22.7 Å². The molecule has 4 nitrogen and oxygen atoms in total. The van der Waals surface area contributed by atoms with Gasteiger partial charge in [-0.05, 0) is 29.4 Å². The summed E-state index contributed by atoms with van der Waals surface area (Å²) in [6.07, 6.45) is 4.79. The number of nitrogens with zero attached hydrogens (tertiary/aromatic N) is 1. The Bertz CT molecular complexity index is 805. The zero-order chi connectivity index (χ0) is 18.8. The minimum Gasteiger partial charge on any atom is -0.481 e. The van der Waals surface area contributed by atoms with Crippen molar-refractivity contribution in [3.05, 3.63) is 83.9 Å². The lowest BCUT2D eigenvalue weighted by molar-refractivity contribution is -0.151. The predicted molar refractivity (Wildman–Crippen MR) is 102 cm³/mol. The van der Waals surface area contributed by atoms with Crippen molar-refractivity contribution in [2.75, 3.05) is 0 Å². The molecule has 0 heterocycles. The average Bonchev–Trinajstić information content (AvgIpc) is 3.30. The third-order valence-electron chi connectivity index (χ3n) is 5.77. The Morgan fingerprint density at radius 3 is 1.78 bits per heavy atom. The fourth-order valence-electron chi connectivity index (χ4n) is 4.53. The van der Waals surface area contributed by atoms with Crippen LogP contribution in [0.4, 0.5) is 0 Å². The fraction of sp³-hybridized carbons (Fsp3) is 0.304. The van der Waals surface area contributed by atoms with Gasteiger partial charge in [-0.1, -0.05) is 72.8 Å². The second-order valence-electron chi connectivity index (χ2n) is 7.50. The molecule has 1 fully saturated rings. The number of carbonyl (C=O) groups excluding carboxylic acids is 1. The molecule has 0 aliphatic heterocycles. The molecule has 0 spiro atoms. The first kappa shape index (κ1) is 17.5. The first-order chi connectivity index (χ1) is 13.1. The molecule has 27 heavy (non-hydrogen) atoms. The van der Waals surface area contributed by atoms with Gasteiger partial charge in [0, 0.05) is 13.1 Å². The number of hydrogen-bond donors (Lipinski definition) is 1. The second kappa shape index (κ2) is 7.39. The molecule has 4 rings (SSSR count). The van der Waals surface area contributed by atoms with Gasteiger partial charge in [0.1, 0.15) is 0 Å². The molecule has 4 heteroatoms. The van der Waals surface area contributed by atoms with Crippen LogP contribution < -0.4 is 0 Å². The van der Waals surface area contributed by atoms with E-state index in [1.54, 1.807) is 0 Å². The first-order valence-corrected chi connectivity index (χ1v) is 9.41. The van der Waals surface area contributed by atoms with E-state index in [9.17, 15) is 14.7 Å². The van der Waals surface area contributed by atoms with Gasteiger partial charge < -0.3 is 10.0 Å². The molecule has 4 atom stereocenters. The number of benzene rings is 2. The molecule has 138 valence electrons. The van der Waals surface area contributed by atoms with Crippen LogP contribution in [-0.4, -0.2) is 21.9 Å². The van der Waals surface area contributed by atoms with Crippen molar-refractivity contribution in [2.45, 2.75) is 19.5 Å². The van der Waals surface area contributed by atoms with E-state index in [0.717, 1.165) is 17.5 Å². The average molecular weight is 361 g/mol. The summed E-state index contributed by atoms with van der Waals surface area (Å²) in [6.45, 7) is 0.969. The van der Waals surface area contributed by atoms with Crippen molar-refractivity contribution in [1.82, 2.24) is 4.90 Å². The zero-order valence-corrected chi connectivity index (χ0v) is 15.1. The molecule has 1 amide bonds. The Balaban J connectivity index is 1.62. The van der Waals surface area contributed by atoms with Gasteiger partial charge in [0.25, 0.3) is 0 Å². The lowest BCUT2D eigenvalue weighted by Gasteiger charge is -2.31. The molecule has 2 bridgehead atoms. The summed E-state index contributed by atoms with van der Waals surface area (Å²) in [7, 11) is 0. The Morgan fingerprint density at radius 1 is 0.815 bits per heavy atom. The number of aliphatic carboxylic acids is 1. The maximum absolute atomic E-state index is 13.5. The highest BCUT2D eigenvalue weighted by Gasteiger charge is 2.52. The lowest BCUT2D eigenvalue weighted by atomic mass is 9.82. The number of allylic oxidation sites excluding steroid dienone is 2. The van der Waals surface area contributed by atoms with Gasteiger partial charge in [0.15, 0.2) is 0 Å². The summed E-state index contributed by atoms with van der Waals surface area (Å²) in [5.41, 5.74) is 2.10. The van der Waals surface area contributed by atoms with E-state index >= 15 is 0 Å². The van der Waals surface area contributed by atoms with E-state index in [4.69, 9.17) is 0 Å². The maximum atomic E-state index is 13.5. The molecule has 0 aromatic heterocycles. The monoisotopic (exact) mass is 361 g/mol. The number of carboxylic acid groups (broad SMARTS) is 1. The largest absolute Gasteiger partial charge is 0.481 e. The number of carbonyl (C=O) groups is 2. The van der Waals surface area contributed by atoms with Gasteiger partial charge in [0.05, 0.1) is 11.8 Å². The van der Waals surface area contributed by atoms with E-state index in [-0.39, 0.29) is 17.7 Å². The number of hydrogen-bond acceptors (Lipinski definition) is 2. The van der Waals surface area contributed by atoms with Crippen LogP contribution in [0.3, 0.4) is 0 Å². The molecule has 2 aromatic rings. The summed E-state index contributed by atoms with van der Waals surface area (Å²) in [6, 6.07) is 19.7. The molecule has 0 unspecified atom stereocenters. The molecule has 1 saturated carbocycles. The van der Waals surface area contributed by atoms with E-state index < -0.39 is 17.8 Å². The summed E-state index contributed by atoms with van der Waals surface area (Å²) in [5, 5.41) is 9.71. The lowest BCUT2D eigenvalue weighted by Crippen LogP contribution is -2.42. The quantitative estimate of drug-likeness (QED) is 0.798. The number of amides is 1. The predicted octanol–water partition coefficient (Wildman–Crippen LogP) is 3.74. The van der Waals surface area contributed by atoms with Crippen LogP contribution in [0.15, 0.2) is 72.8 Å². The van der Waals surface area contributed by atoms with Crippen molar-refractivity contribution in [2.24, 2.45) is 23.7 Å². The fourth-order valence-corrected chi connectivity index (χ4v) is 4.53. The van der Waals surface area contributed by atoms with Crippen molar-refractivity contribution in [1.29, 1.82) is 0 Å². The minimum absolute atomic E-state index is 0.0169. The van der Waals surface area contributed by atoms with Crippen molar-refractivity contribution in [3.8, 4) is 0 Å². The Kier molecular flexibility index (Phi) is 4.80. The second-order valence-corrected chi connectivity index (χ2v) is 7.50. The van der Waals surface area contributed by atoms with Crippen LogP contribution in [0, 0.1) is 23.7 Å². The Hall–Kier alpha value is -2.88. The molecule has 2 aromatic carbocycles. The SMILES string of the molecule is O=C(O)[C@@H]1[C@H](C(=O)N(Cc2ccccc2)Cc2ccccc2)[C@H]2C=C[C@H]1C2. The van der Waals surface area contributed by atoms with Crippen LogP contribution in [0.1, 0.15) is 17.5 Å². The highest BCUT2D eigenvalue weighted by Crippen LogP contribution is 2.49. The third-order valence-corrected chi connectivity index (χ3v) is 5.77. The summed E-state index contributed by atoms with van der Waals surface area (Å²) in [5.74, 6) is -1.96. The maximum Gasteiger partial charge on any atom is 0.307 e. The third kappa shape index (κ3) is 3.52. The van der Waals surface area contributed by atoms with E-state index in [2.05, 4.69) is 0 Å². The summed E-state index contributed by atoms with van der Waals surface area (Å²) in [4.78, 5) is 27.1. The molecule has 1 N–H and O–H groups in total. The Labute approximate surface area is 159 Å². The molecule has 0 radical (unpaired) electrons. The van der Waals surface area contributed by atoms with Crippen LogP contribution >= 0.6 is 0 Å². The van der Waals surface area contributed by atoms with Gasteiger partial charge in [-0.25, -0.2) is 0 Å². The van der Waals surface area contributed by atoms with Crippen LogP contribution in [0.25, 0.3) is 0 Å². The smallest absolute Gasteiger partial charge is 0.307 e. The van der Waals surface area contributed by atoms with Gasteiger partial charge >= 0.3 is 5.97 Å². The molecule has 2 aliphatic rings. The normalized spacial score (nSPS) is 25.5. The first-order valence-electron chi connectivity index (χ1n) is 9.41. The van der Waals surface area contributed by atoms with E-state index in [1.165, 1.54) is 0 Å². The Morgan fingerprint density at radius 2 is 1.30 bits per heavy atom. The topological polar surface area (TPSA) is 57.6 Å². The highest BCUT2D eigenvalue weighted by atomic mass is 16.4. The van der Waals surface area contributed by atoms with Crippen molar-refractivity contribution < 1.29 is 14.7 Å². The van der Waals surface area contributed by atoms with Crippen molar-refractivity contribution >= 4 is 11.9 Å². The standard InChI is InChI=1S/C23H23NO3/c25-22(20-18-11-12-19(13-18)21(20)23(26)27)24(14-16-7-3-1-4-8-16)15-17-9-5-2-6-10-17/h1-12,18-21H,13-15H2,(H,26,27)/t18-,19-,20+,21-/m0/s1. The van der Waals surface area contributed by atoms with E-state index in [0.29, 0.717) is 13.1 Å². The molecule has 0 saturated heterocycles. The van der Waals surface area contributed by atoms with Gasteiger partial charge in [-0.2, -0.15) is 0 Å². The molecule has 2 aliphatic carbocycles. The van der Waals surface area contributed by atoms with E-state index in [1.807, 2.05) is 77.7 Å². The van der Waals surface area contributed by atoms with Crippen LogP contribution in [0.5, 0.6) is 0 Å².